The van der Waals surface area contributed by atoms with Crippen molar-refractivity contribution >= 4 is 43.7 Å². The Morgan fingerprint density at radius 1 is 0.404 bits per heavy atom. The molecule has 0 aliphatic heterocycles. The van der Waals surface area contributed by atoms with Crippen molar-refractivity contribution < 1.29 is 46.9 Å². The molecular formula is C52H34N4O. The first-order chi connectivity index (χ1) is 41.1. The summed E-state index contributed by atoms with van der Waals surface area (Å²) in [6.45, 7) is 1.28. The monoisotopic (exact) mass is 761 g/mol. The number of nitrogens with zero attached hydrogens (tertiary/aromatic N) is 4. The van der Waals surface area contributed by atoms with Gasteiger partial charge in [0.2, 0.25) is 0 Å². The third kappa shape index (κ3) is 5.59. The third-order valence-corrected chi connectivity index (χ3v) is 8.66. The molecule has 3 aromatic heterocycles. The van der Waals surface area contributed by atoms with Crippen molar-refractivity contribution in [3.8, 4) is 62.1 Å². The summed E-state index contributed by atoms with van der Waals surface area (Å²) in [6.07, 6.45) is 0. The van der Waals surface area contributed by atoms with Crippen LogP contribution in [0.25, 0.3) is 106 Å². The zero-order chi connectivity index (χ0) is 64.9. The lowest BCUT2D eigenvalue weighted by Crippen LogP contribution is -2.00. The van der Waals surface area contributed by atoms with Crippen molar-refractivity contribution in [2.24, 2.45) is 0 Å². The van der Waals surface area contributed by atoms with Gasteiger partial charge in [0.25, 0.3) is 0 Å². The van der Waals surface area contributed by atoms with Crippen molar-refractivity contribution in [3.05, 3.63) is 193 Å². The van der Waals surface area contributed by atoms with Crippen molar-refractivity contribution in [2.75, 3.05) is 0 Å². The Morgan fingerprint density at radius 2 is 0.895 bits per heavy atom. The molecule has 57 heavy (non-hydrogen) atoms. The Morgan fingerprint density at radius 3 is 1.56 bits per heavy atom. The van der Waals surface area contributed by atoms with Crippen molar-refractivity contribution in [2.45, 2.75) is 6.92 Å². The van der Waals surface area contributed by atoms with Crippen LogP contribution in [0.3, 0.4) is 0 Å². The minimum absolute atomic E-state index is 0.167. The van der Waals surface area contributed by atoms with Gasteiger partial charge in [-0.25, -0.2) is 15.0 Å². The first-order valence-corrected chi connectivity index (χ1v) is 16.7. The van der Waals surface area contributed by atoms with Crippen molar-refractivity contribution in [1.29, 1.82) is 0 Å². The standard InChI is InChI=1S/C52H34N4O/c1-33-26-28-46-44(30-33)45-32-38(27-29-47(45)56(46)39-20-9-4-10-21-39)52-54-50(35-16-7-3-8-17-35)53-51(55-52)37-19-11-18-36(31-37)41-23-13-25-43-42-24-12-22-40(48(42)57-49(41)43)34-14-5-2-6-15-34/h2-32H,1H3/i2D,3D,4D,5D,6D,7D,8D,9D,10D,11D,12D,13D,14D,15D,16D,17D,18D,19D,20D,21D,22D,23D,24D,25D,26D,27D,28D,29D,30D,31D,32D. The van der Waals surface area contributed by atoms with E-state index in [1.807, 2.05) is 0 Å². The van der Waals surface area contributed by atoms with Crippen LogP contribution in [-0.2, 0) is 0 Å². The largest absolute Gasteiger partial charge is 0.455 e. The fraction of sp³-hybridized carbons (Fsp3) is 0.0192. The number of fused-ring (bicyclic) bond motifs is 6. The van der Waals surface area contributed by atoms with Gasteiger partial charge in [0.1, 0.15) is 11.2 Å². The van der Waals surface area contributed by atoms with Crippen molar-refractivity contribution in [3.63, 3.8) is 0 Å². The van der Waals surface area contributed by atoms with Crippen LogP contribution in [0.1, 0.15) is 48.1 Å². The average molecular weight is 762 g/mol. The van der Waals surface area contributed by atoms with E-state index < -0.39 is 293 Å². The molecule has 11 aromatic rings. The Labute approximate surface area is 372 Å². The van der Waals surface area contributed by atoms with E-state index in [4.69, 9.17) is 33.2 Å². The molecule has 11 rings (SSSR count). The van der Waals surface area contributed by atoms with E-state index in [9.17, 15) is 13.7 Å². The molecule has 8 aromatic carbocycles. The molecule has 0 spiro atoms. The van der Waals surface area contributed by atoms with Gasteiger partial charge in [-0.2, -0.15) is 0 Å². The van der Waals surface area contributed by atoms with Gasteiger partial charge in [0.05, 0.1) is 53.5 Å². The van der Waals surface area contributed by atoms with Crippen LogP contribution < -0.4 is 0 Å². The quantitative estimate of drug-likeness (QED) is 0.169. The molecule has 5 nitrogen and oxygen atoms in total. The fourth-order valence-electron chi connectivity index (χ4n) is 6.22. The molecule has 0 radical (unpaired) electrons. The van der Waals surface area contributed by atoms with E-state index >= 15 is 0 Å². The predicted molar refractivity (Wildman–Crippen MR) is 233 cm³/mol. The highest BCUT2D eigenvalue weighted by Crippen LogP contribution is 2.41. The second kappa shape index (κ2) is 13.3. The molecule has 0 amide bonds. The molecule has 0 saturated heterocycles. The summed E-state index contributed by atoms with van der Waals surface area (Å²) in [5, 5.41) is -2.09. The first kappa shape index (κ1) is 14.1. The second-order valence-corrected chi connectivity index (χ2v) is 12.1. The highest BCUT2D eigenvalue weighted by atomic mass is 16.3. The molecule has 0 bridgehead atoms. The zero-order valence-corrected chi connectivity index (χ0v) is 28.7. The van der Waals surface area contributed by atoms with E-state index in [0.29, 0.717) is 0 Å². The summed E-state index contributed by atoms with van der Waals surface area (Å²) in [7, 11) is 0. The van der Waals surface area contributed by atoms with E-state index in [0.717, 1.165) is 4.57 Å². The molecule has 0 fully saturated rings. The Bertz CT molecular complexity index is 5050. The molecule has 0 unspecified atom stereocenters. The van der Waals surface area contributed by atoms with Crippen LogP contribution in [0.4, 0.5) is 0 Å². The third-order valence-electron chi connectivity index (χ3n) is 8.66. The molecule has 0 atom stereocenters. The molecular weight excluding hydrogens is 697 g/mol. The predicted octanol–water partition coefficient (Wildman–Crippen LogP) is 13.5. The van der Waals surface area contributed by atoms with Crippen LogP contribution in [0, 0.1) is 6.92 Å². The Kier molecular flexibility index (Phi) is 3.30. The lowest BCUT2D eigenvalue weighted by Gasteiger charge is -2.10. The number of para-hydroxylation sites is 3. The topological polar surface area (TPSA) is 56.7 Å². The van der Waals surface area contributed by atoms with Crippen molar-refractivity contribution in [1.82, 2.24) is 19.5 Å². The first-order valence-electron chi connectivity index (χ1n) is 32.2. The smallest absolute Gasteiger partial charge is 0.164 e. The zero-order valence-electron chi connectivity index (χ0n) is 59.7. The summed E-state index contributed by atoms with van der Waals surface area (Å²) < 4.78 is 284. The van der Waals surface area contributed by atoms with E-state index in [1.54, 1.807) is 0 Å². The minimum Gasteiger partial charge on any atom is -0.455 e. The van der Waals surface area contributed by atoms with E-state index in [1.165, 1.54) is 6.92 Å². The number of furan rings is 1. The summed E-state index contributed by atoms with van der Waals surface area (Å²) in [4.78, 5) is 13.2. The molecule has 268 valence electrons. The van der Waals surface area contributed by atoms with Gasteiger partial charge >= 0.3 is 0 Å². The van der Waals surface area contributed by atoms with Crippen LogP contribution in [-0.4, -0.2) is 19.5 Å². The number of hydrogen-bond donors (Lipinski definition) is 0. The van der Waals surface area contributed by atoms with Crippen LogP contribution in [0.2, 0.25) is 0 Å². The Balaban J connectivity index is 1.30. The molecule has 5 heteroatoms. The summed E-state index contributed by atoms with van der Waals surface area (Å²) in [5.74, 6) is -2.82. The number of aromatic nitrogens is 4. The van der Waals surface area contributed by atoms with Gasteiger partial charge in [-0.3, -0.25) is 0 Å². The summed E-state index contributed by atoms with van der Waals surface area (Å²) in [6, 6.07) is -28.2. The van der Waals surface area contributed by atoms with Gasteiger partial charge in [0.15, 0.2) is 17.5 Å². The van der Waals surface area contributed by atoms with Gasteiger partial charge in [-0.15, -0.1) is 0 Å². The SMILES string of the molecule is [2H]c1c([2H])c([2H])c(-c2nc(-c3c([2H])c([2H])c([2H])c(-c4c([2H])c([2H])c([2H])c5c4oc4c(-c6c([2H])c([2H])c([2H])c([2H])c6[2H])c([2H])c([2H])c([2H])c45)c3[2H])nc(-c3c([2H])c([2H])c4c(c3[2H])c3c([2H])c(C)c([2H])c([2H])c3n4-c3c([2H])c([2H])c([2H])c([2H])c3[2H])n2)c([2H])c1[2H]. The highest BCUT2D eigenvalue weighted by molar-refractivity contribution is 6.13. The molecule has 0 saturated carbocycles. The normalized spacial score (nSPS) is 19.2. The lowest BCUT2D eigenvalue weighted by atomic mass is 9.99. The maximum Gasteiger partial charge on any atom is 0.164 e. The average Bonchev–Trinajstić information content (AvgIpc) is 1.52. The second-order valence-electron chi connectivity index (χ2n) is 12.1. The van der Waals surface area contributed by atoms with Crippen LogP contribution >= 0.6 is 0 Å². The van der Waals surface area contributed by atoms with Gasteiger partial charge < -0.3 is 8.98 Å². The molecule has 3 heterocycles. The number of rotatable bonds is 6. The van der Waals surface area contributed by atoms with E-state index in [2.05, 4.69) is 15.0 Å². The molecule has 0 aliphatic carbocycles. The molecule has 0 N–H and O–H groups in total. The van der Waals surface area contributed by atoms with Gasteiger partial charge in [0, 0.05) is 55.0 Å². The fourth-order valence-corrected chi connectivity index (χ4v) is 6.22. The maximum atomic E-state index is 9.92. The molecule has 0 aliphatic rings. The summed E-state index contributed by atoms with van der Waals surface area (Å²) >= 11 is 0. The van der Waals surface area contributed by atoms with Crippen LogP contribution in [0.5, 0.6) is 0 Å². The van der Waals surface area contributed by atoms with Gasteiger partial charge in [-0.05, 0) is 66.4 Å². The Hall–Kier alpha value is -7.63. The number of benzene rings is 8. The van der Waals surface area contributed by atoms with Gasteiger partial charge in [-0.1, -0.05) is 145 Å². The minimum atomic E-state index is -1.10. The highest BCUT2D eigenvalue weighted by Gasteiger charge is 2.19. The lowest BCUT2D eigenvalue weighted by molar-refractivity contribution is 0.671. The van der Waals surface area contributed by atoms with E-state index in [-0.39, 0.29) is 5.56 Å². The summed E-state index contributed by atoms with van der Waals surface area (Å²) in [5.41, 5.74) is -9.01. The maximum absolute atomic E-state index is 9.92. The number of hydrogen-bond acceptors (Lipinski definition) is 4. The van der Waals surface area contributed by atoms with Crippen LogP contribution in [0.15, 0.2) is 192 Å².